The summed E-state index contributed by atoms with van der Waals surface area (Å²) in [6, 6.07) is 13.1. The van der Waals surface area contributed by atoms with Gasteiger partial charge in [0.1, 0.15) is 15.5 Å². The van der Waals surface area contributed by atoms with Crippen molar-refractivity contribution >= 4 is 60.7 Å². The first-order valence-electron chi connectivity index (χ1n) is 12.2. The fourth-order valence-corrected chi connectivity index (χ4v) is 6.90. The Labute approximate surface area is 239 Å². The number of hydrogen-bond donors (Lipinski definition) is 1. The van der Waals surface area contributed by atoms with E-state index in [2.05, 4.69) is 10.4 Å². The van der Waals surface area contributed by atoms with Crippen LogP contribution in [-0.2, 0) is 24.3 Å². The summed E-state index contributed by atoms with van der Waals surface area (Å²) >= 11 is 7.52. The first kappa shape index (κ1) is 28.1. The van der Waals surface area contributed by atoms with Crippen molar-refractivity contribution in [1.82, 2.24) is 14.1 Å². The Kier molecular flexibility index (Phi) is 8.10. The normalized spacial score (nSPS) is 14.3. The molecule has 1 saturated heterocycles. The average Bonchev–Trinajstić information content (AvgIpc) is 3.53. The van der Waals surface area contributed by atoms with E-state index in [1.807, 2.05) is 25.1 Å². The average molecular weight is 605 g/mol. The molecule has 210 valence electrons. The van der Waals surface area contributed by atoms with Gasteiger partial charge in [0.05, 0.1) is 47.3 Å². The molecule has 14 heteroatoms. The topological polar surface area (TPSA) is 129 Å². The van der Waals surface area contributed by atoms with Gasteiger partial charge in [-0.25, -0.2) is 17.9 Å². The molecular formula is C26H25ClN4O7S2. The molecule has 2 aromatic heterocycles. The number of anilines is 1. The zero-order valence-corrected chi connectivity index (χ0v) is 23.9. The van der Waals surface area contributed by atoms with E-state index in [1.54, 1.807) is 16.8 Å². The number of aromatic nitrogens is 2. The number of sulfonamides is 1. The number of nitrogens with zero attached hydrogens (tertiary/aromatic N) is 3. The molecule has 4 aromatic rings. The number of thiophene rings is 1. The van der Waals surface area contributed by atoms with Crippen molar-refractivity contribution in [3.05, 3.63) is 64.1 Å². The molecule has 0 radical (unpaired) electrons. The minimum Gasteiger partial charge on any atom is -0.495 e. The molecule has 40 heavy (non-hydrogen) atoms. The lowest BCUT2D eigenvalue weighted by Gasteiger charge is -2.26. The zero-order chi connectivity index (χ0) is 28.4. The predicted octanol–water partition coefficient (Wildman–Crippen LogP) is 3.87. The quantitative estimate of drug-likeness (QED) is 0.300. The number of ether oxygens (including phenoxy) is 3. The first-order valence-corrected chi connectivity index (χ1v) is 14.8. The Balaban J connectivity index is 1.26. The highest BCUT2D eigenvalue weighted by molar-refractivity contribution is 7.89. The third-order valence-corrected chi connectivity index (χ3v) is 9.52. The highest BCUT2D eigenvalue weighted by Gasteiger charge is 2.27. The van der Waals surface area contributed by atoms with Gasteiger partial charge in [0.25, 0.3) is 5.91 Å². The number of esters is 1. The number of benzene rings is 2. The summed E-state index contributed by atoms with van der Waals surface area (Å²) in [4.78, 5) is 26.4. The number of carbonyl (C=O) groups excluding carboxylic acids is 2. The second kappa shape index (κ2) is 11.6. The van der Waals surface area contributed by atoms with Gasteiger partial charge in [0, 0.05) is 24.5 Å². The minimum atomic E-state index is -3.75. The van der Waals surface area contributed by atoms with Crippen molar-refractivity contribution in [2.45, 2.75) is 11.8 Å². The molecule has 0 bridgehead atoms. The van der Waals surface area contributed by atoms with Crippen LogP contribution in [0.3, 0.4) is 0 Å². The van der Waals surface area contributed by atoms with Gasteiger partial charge in [-0.15, -0.1) is 11.3 Å². The SMILES string of the molecule is COc1cc(S(=O)(=O)N2CCOCC2)ccc1NC(=O)COC(=O)c1cc2c(C)nn(-c3ccccc3Cl)c2s1. The largest absolute Gasteiger partial charge is 0.495 e. The van der Waals surface area contributed by atoms with Gasteiger partial charge in [0.15, 0.2) is 6.61 Å². The van der Waals surface area contributed by atoms with Crippen LogP contribution in [0.5, 0.6) is 5.75 Å². The maximum Gasteiger partial charge on any atom is 0.348 e. The number of hydrogen-bond acceptors (Lipinski definition) is 9. The van der Waals surface area contributed by atoms with E-state index in [4.69, 9.17) is 25.8 Å². The molecule has 0 spiro atoms. The number of aryl methyl sites for hydroxylation is 1. The summed E-state index contributed by atoms with van der Waals surface area (Å²) in [5.74, 6) is -1.13. The summed E-state index contributed by atoms with van der Waals surface area (Å²) in [5, 5.41) is 8.43. The van der Waals surface area contributed by atoms with Crippen LogP contribution in [0.15, 0.2) is 53.4 Å². The number of rotatable bonds is 8. The van der Waals surface area contributed by atoms with Crippen LogP contribution in [0, 0.1) is 6.92 Å². The lowest BCUT2D eigenvalue weighted by atomic mass is 10.3. The van der Waals surface area contributed by atoms with Crippen LogP contribution < -0.4 is 10.1 Å². The summed E-state index contributed by atoms with van der Waals surface area (Å²) < 4.78 is 44.7. The number of halogens is 1. The molecule has 1 N–H and O–H groups in total. The van der Waals surface area contributed by atoms with E-state index in [9.17, 15) is 18.0 Å². The van der Waals surface area contributed by atoms with Crippen LogP contribution in [0.2, 0.25) is 5.02 Å². The first-order chi connectivity index (χ1) is 19.2. The standard InChI is InChI=1S/C26H25ClN4O7S2/c1-16-18-14-23(39-25(18)31(29-16)21-6-4-3-5-19(21)27)26(33)38-15-24(32)28-20-8-7-17(13-22(20)36-2)40(34,35)30-9-11-37-12-10-30/h3-8,13-14H,9-12,15H2,1-2H3,(H,28,32). The van der Waals surface area contributed by atoms with Crippen LogP contribution in [0.4, 0.5) is 5.69 Å². The Bertz CT molecular complexity index is 1690. The van der Waals surface area contributed by atoms with Crippen LogP contribution in [0.25, 0.3) is 15.9 Å². The molecule has 11 nitrogen and oxygen atoms in total. The Hall–Kier alpha value is -3.49. The summed E-state index contributed by atoms with van der Waals surface area (Å²) in [5.41, 5.74) is 1.64. The summed E-state index contributed by atoms with van der Waals surface area (Å²) in [6.45, 7) is 2.43. The number of morpholine rings is 1. The fraction of sp³-hybridized carbons (Fsp3) is 0.269. The number of amides is 1. The van der Waals surface area contributed by atoms with Crippen molar-refractivity contribution in [2.24, 2.45) is 0 Å². The molecule has 2 aromatic carbocycles. The summed E-state index contributed by atoms with van der Waals surface area (Å²) in [6.07, 6.45) is 0. The van der Waals surface area contributed by atoms with Gasteiger partial charge < -0.3 is 19.5 Å². The lowest BCUT2D eigenvalue weighted by Crippen LogP contribution is -2.40. The number of carbonyl (C=O) groups is 2. The van der Waals surface area contributed by atoms with Crippen molar-refractivity contribution in [3.63, 3.8) is 0 Å². The lowest BCUT2D eigenvalue weighted by molar-refractivity contribution is -0.119. The van der Waals surface area contributed by atoms with E-state index < -0.39 is 28.5 Å². The Morgan fingerprint density at radius 3 is 2.62 bits per heavy atom. The van der Waals surface area contributed by atoms with E-state index >= 15 is 0 Å². The van der Waals surface area contributed by atoms with E-state index in [1.165, 1.54) is 41.0 Å². The molecule has 0 saturated carbocycles. The van der Waals surface area contributed by atoms with Gasteiger partial charge in [-0.2, -0.15) is 9.40 Å². The fourth-order valence-electron chi connectivity index (χ4n) is 4.19. The van der Waals surface area contributed by atoms with Gasteiger partial charge >= 0.3 is 5.97 Å². The van der Waals surface area contributed by atoms with Crippen molar-refractivity contribution in [3.8, 4) is 11.4 Å². The Morgan fingerprint density at radius 1 is 1.15 bits per heavy atom. The molecule has 0 aliphatic carbocycles. The third kappa shape index (κ3) is 5.56. The van der Waals surface area contributed by atoms with Crippen molar-refractivity contribution < 1.29 is 32.2 Å². The third-order valence-electron chi connectivity index (χ3n) is 6.22. The molecule has 1 aliphatic rings. The van der Waals surface area contributed by atoms with Gasteiger partial charge in [-0.1, -0.05) is 23.7 Å². The molecule has 3 heterocycles. The molecule has 1 amide bonds. The van der Waals surface area contributed by atoms with Gasteiger partial charge in [0.2, 0.25) is 10.0 Å². The predicted molar refractivity (Wildman–Crippen MR) is 150 cm³/mol. The highest BCUT2D eigenvalue weighted by Crippen LogP contribution is 2.33. The molecule has 0 unspecified atom stereocenters. The molecule has 1 aliphatic heterocycles. The molecule has 0 atom stereocenters. The summed E-state index contributed by atoms with van der Waals surface area (Å²) in [7, 11) is -2.38. The Morgan fingerprint density at radius 2 is 1.90 bits per heavy atom. The monoisotopic (exact) mass is 604 g/mol. The molecular weight excluding hydrogens is 580 g/mol. The number of nitrogens with one attached hydrogen (secondary N) is 1. The van der Waals surface area contributed by atoms with Crippen molar-refractivity contribution in [2.75, 3.05) is 45.3 Å². The smallest absolute Gasteiger partial charge is 0.348 e. The van der Waals surface area contributed by atoms with Crippen LogP contribution >= 0.6 is 22.9 Å². The maximum absolute atomic E-state index is 12.9. The van der Waals surface area contributed by atoms with Crippen LogP contribution in [-0.4, -0.2) is 74.4 Å². The second-order valence-electron chi connectivity index (χ2n) is 8.78. The minimum absolute atomic E-state index is 0.0334. The van der Waals surface area contributed by atoms with Gasteiger partial charge in [-0.05, 0) is 37.3 Å². The van der Waals surface area contributed by atoms with Gasteiger partial charge in [-0.3, -0.25) is 4.79 Å². The van der Waals surface area contributed by atoms with E-state index in [-0.39, 0.29) is 29.4 Å². The molecule has 1 fully saturated rings. The van der Waals surface area contributed by atoms with E-state index in [0.717, 1.165) is 10.2 Å². The highest BCUT2D eigenvalue weighted by atomic mass is 35.5. The van der Waals surface area contributed by atoms with E-state index in [0.29, 0.717) is 34.5 Å². The zero-order valence-electron chi connectivity index (χ0n) is 21.5. The number of fused-ring (bicyclic) bond motifs is 1. The molecule has 5 rings (SSSR count). The number of para-hydroxylation sites is 1. The van der Waals surface area contributed by atoms with Crippen LogP contribution in [0.1, 0.15) is 15.4 Å². The van der Waals surface area contributed by atoms with Crippen molar-refractivity contribution in [1.29, 1.82) is 0 Å². The number of methoxy groups -OCH3 is 1. The maximum atomic E-state index is 12.9. The second-order valence-corrected chi connectivity index (χ2v) is 12.2.